The molecule has 0 saturated carbocycles. The molecule has 3 rings (SSSR count). The molecule has 0 aliphatic heterocycles. The summed E-state index contributed by atoms with van der Waals surface area (Å²) in [5.74, 6) is 0. The molecule has 0 atom stereocenters. The van der Waals surface area contributed by atoms with Crippen molar-refractivity contribution in [1.82, 2.24) is 4.57 Å². The van der Waals surface area contributed by atoms with E-state index in [0.717, 1.165) is 0 Å². The predicted molar refractivity (Wildman–Crippen MR) is 95.4 cm³/mol. The summed E-state index contributed by atoms with van der Waals surface area (Å²) in [5.41, 5.74) is 5.06. The number of para-hydroxylation sites is 1. The number of halogens is 1. The summed E-state index contributed by atoms with van der Waals surface area (Å²) in [6, 6.07) is 17.3. The van der Waals surface area contributed by atoms with Crippen LogP contribution in [0.4, 0.5) is 5.69 Å². The van der Waals surface area contributed by atoms with E-state index in [1.165, 1.54) is 31.4 Å². The first kappa shape index (κ1) is 13.5. The second kappa shape index (κ2) is 5.13. The van der Waals surface area contributed by atoms with Crippen LogP contribution in [0.1, 0.15) is 0 Å². The van der Waals surface area contributed by atoms with Crippen LogP contribution in [0.15, 0.2) is 48.5 Å². The number of benzene rings is 2. The summed E-state index contributed by atoms with van der Waals surface area (Å²) >= 11 is 2.45. The predicted octanol–water partition coefficient (Wildman–Crippen LogP) is 4.52. The maximum Gasteiger partial charge on any atom is 0.0624 e. The third-order valence-corrected chi connectivity index (χ3v) is 4.79. The smallest absolute Gasteiger partial charge is 0.0624 e. The van der Waals surface area contributed by atoms with Gasteiger partial charge in [-0.3, -0.25) is 0 Å². The van der Waals surface area contributed by atoms with Crippen molar-refractivity contribution in [2.24, 2.45) is 7.05 Å². The van der Waals surface area contributed by atoms with E-state index < -0.39 is 0 Å². The van der Waals surface area contributed by atoms with E-state index in [-0.39, 0.29) is 0 Å². The van der Waals surface area contributed by atoms with Crippen molar-refractivity contribution in [3.05, 3.63) is 52.1 Å². The van der Waals surface area contributed by atoms with Gasteiger partial charge in [0.05, 0.1) is 5.69 Å². The fraction of sp³-hybridized carbons (Fsp3) is 0.176. The zero-order chi connectivity index (χ0) is 14.3. The lowest BCUT2D eigenvalue weighted by Gasteiger charge is -2.13. The van der Waals surface area contributed by atoms with Gasteiger partial charge >= 0.3 is 0 Å². The molecule has 0 saturated heterocycles. The maximum absolute atomic E-state index is 2.45. The molecular weight excluding hydrogens is 359 g/mol. The molecule has 0 bridgehead atoms. The van der Waals surface area contributed by atoms with Gasteiger partial charge in [-0.05, 0) is 46.4 Å². The van der Waals surface area contributed by atoms with E-state index in [2.05, 4.69) is 102 Å². The van der Waals surface area contributed by atoms with E-state index in [0.29, 0.717) is 0 Å². The quantitative estimate of drug-likeness (QED) is 0.598. The number of fused-ring (bicyclic) bond motifs is 1. The Hall–Kier alpha value is -1.49. The summed E-state index contributed by atoms with van der Waals surface area (Å²) in [7, 11) is 6.27. The van der Waals surface area contributed by atoms with Crippen LogP contribution < -0.4 is 4.90 Å². The molecule has 1 aromatic heterocycles. The summed E-state index contributed by atoms with van der Waals surface area (Å²) in [4.78, 5) is 2.12. The van der Waals surface area contributed by atoms with Crippen molar-refractivity contribution in [2.45, 2.75) is 0 Å². The highest BCUT2D eigenvalue weighted by Crippen LogP contribution is 2.34. The molecule has 0 aliphatic carbocycles. The highest BCUT2D eigenvalue weighted by molar-refractivity contribution is 14.1. The summed E-state index contributed by atoms with van der Waals surface area (Å²) in [6.07, 6.45) is 0. The fourth-order valence-electron chi connectivity index (χ4n) is 2.58. The Kier molecular flexibility index (Phi) is 3.46. The van der Waals surface area contributed by atoms with E-state index in [1.807, 2.05) is 0 Å². The van der Waals surface area contributed by atoms with E-state index in [1.54, 1.807) is 0 Å². The number of aromatic nitrogens is 1. The van der Waals surface area contributed by atoms with E-state index in [9.17, 15) is 0 Å². The molecule has 2 aromatic carbocycles. The van der Waals surface area contributed by atoms with Crippen molar-refractivity contribution in [3.8, 4) is 11.3 Å². The van der Waals surface area contributed by atoms with E-state index >= 15 is 0 Å². The SMILES string of the molecule is CN(C)c1ccc(-c2c(I)c3ccccc3n2C)cc1. The molecule has 3 heteroatoms. The van der Waals surface area contributed by atoms with Crippen molar-refractivity contribution in [3.63, 3.8) is 0 Å². The topological polar surface area (TPSA) is 8.17 Å². The molecule has 20 heavy (non-hydrogen) atoms. The van der Waals surface area contributed by atoms with Gasteiger partial charge < -0.3 is 9.47 Å². The third-order valence-electron chi connectivity index (χ3n) is 3.70. The monoisotopic (exact) mass is 376 g/mol. The van der Waals surface area contributed by atoms with Gasteiger partial charge in [0.25, 0.3) is 0 Å². The Bertz CT molecular complexity index is 716. The Morgan fingerprint density at radius 2 is 1.60 bits per heavy atom. The Balaban J connectivity index is 2.19. The highest BCUT2D eigenvalue weighted by Gasteiger charge is 2.14. The number of anilines is 1. The highest BCUT2D eigenvalue weighted by atomic mass is 127. The minimum absolute atomic E-state index is 1.22. The first-order valence-electron chi connectivity index (χ1n) is 6.60. The fourth-order valence-corrected chi connectivity index (χ4v) is 3.71. The Labute approximate surface area is 133 Å². The maximum atomic E-state index is 2.45. The van der Waals surface area contributed by atoms with Crippen LogP contribution in [-0.4, -0.2) is 18.7 Å². The van der Waals surface area contributed by atoms with Gasteiger partial charge in [0.1, 0.15) is 0 Å². The molecule has 0 spiro atoms. The van der Waals surface area contributed by atoms with Crippen LogP contribution in [0, 0.1) is 3.57 Å². The zero-order valence-electron chi connectivity index (χ0n) is 11.9. The van der Waals surface area contributed by atoms with Gasteiger partial charge in [0, 0.05) is 41.3 Å². The van der Waals surface area contributed by atoms with Crippen LogP contribution in [0.25, 0.3) is 22.2 Å². The standard InChI is InChI=1S/C17H17IN2/c1-19(2)13-10-8-12(9-11-13)17-16(18)14-6-4-5-7-15(14)20(17)3/h4-11H,1-3H3. The van der Waals surface area contributed by atoms with E-state index in [4.69, 9.17) is 0 Å². The number of hydrogen-bond donors (Lipinski definition) is 0. The molecule has 0 fully saturated rings. The lowest BCUT2D eigenvalue weighted by Crippen LogP contribution is -2.08. The second-order valence-corrected chi connectivity index (χ2v) is 6.26. The van der Waals surface area contributed by atoms with Gasteiger partial charge in [-0.15, -0.1) is 0 Å². The van der Waals surface area contributed by atoms with Crippen molar-refractivity contribution in [1.29, 1.82) is 0 Å². The van der Waals surface area contributed by atoms with Crippen LogP contribution in [0.2, 0.25) is 0 Å². The second-order valence-electron chi connectivity index (χ2n) is 5.18. The minimum atomic E-state index is 1.22. The van der Waals surface area contributed by atoms with Crippen molar-refractivity contribution >= 4 is 39.2 Å². The van der Waals surface area contributed by atoms with Gasteiger partial charge in [-0.2, -0.15) is 0 Å². The molecule has 1 heterocycles. The minimum Gasteiger partial charge on any atom is -0.378 e. The van der Waals surface area contributed by atoms with Crippen molar-refractivity contribution < 1.29 is 0 Å². The zero-order valence-corrected chi connectivity index (χ0v) is 14.0. The molecule has 0 aliphatic rings. The molecule has 3 aromatic rings. The molecule has 0 amide bonds. The lowest BCUT2D eigenvalue weighted by molar-refractivity contribution is 0.975. The molecule has 0 radical (unpaired) electrons. The molecule has 2 nitrogen and oxygen atoms in total. The van der Waals surface area contributed by atoms with Gasteiger partial charge in [-0.25, -0.2) is 0 Å². The van der Waals surface area contributed by atoms with Gasteiger partial charge in [-0.1, -0.05) is 30.3 Å². The number of rotatable bonds is 2. The molecule has 0 N–H and O–H groups in total. The average Bonchev–Trinajstić information content (AvgIpc) is 2.72. The first-order valence-corrected chi connectivity index (χ1v) is 7.68. The first-order chi connectivity index (χ1) is 9.59. The third kappa shape index (κ3) is 2.10. The largest absolute Gasteiger partial charge is 0.378 e. The number of aryl methyl sites for hydroxylation is 1. The summed E-state index contributed by atoms with van der Waals surface area (Å²) in [6.45, 7) is 0. The Morgan fingerprint density at radius 3 is 2.20 bits per heavy atom. The summed E-state index contributed by atoms with van der Waals surface area (Å²) in [5, 5.41) is 1.32. The Morgan fingerprint density at radius 1 is 0.950 bits per heavy atom. The van der Waals surface area contributed by atoms with Crippen LogP contribution in [0.5, 0.6) is 0 Å². The number of hydrogen-bond acceptors (Lipinski definition) is 1. The normalized spacial score (nSPS) is 11.0. The van der Waals surface area contributed by atoms with Crippen LogP contribution in [-0.2, 0) is 7.05 Å². The number of nitrogens with zero attached hydrogens (tertiary/aromatic N) is 2. The van der Waals surface area contributed by atoms with Crippen LogP contribution >= 0.6 is 22.6 Å². The lowest BCUT2D eigenvalue weighted by atomic mass is 10.1. The molecule has 0 unspecified atom stereocenters. The van der Waals surface area contributed by atoms with Crippen LogP contribution in [0.3, 0.4) is 0 Å². The molecular formula is C17H17IN2. The van der Waals surface area contributed by atoms with Gasteiger partial charge in [0.2, 0.25) is 0 Å². The van der Waals surface area contributed by atoms with Crippen molar-refractivity contribution in [2.75, 3.05) is 19.0 Å². The van der Waals surface area contributed by atoms with Gasteiger partial charge in [0.15, 0.2) is 0 Å². The summed E-state index contributed by atoms with van der Waals surface area (Å²) < 4.78 is 3.60. The molecule has 102 valence electrons. The average molecular weight is 376 g/mol.